The molecule has 0 bridgehead atoms. The van der Waals surface area contributed by atoms with Crippen LogP contribution in [-0.2, 0) is 6.18 Å². The molecule has 1 aromatic carbocycles. The first-order valence-corrected chi connectivity index (χ1v) is 6.67. The van der Waals surface area contributed by atoms with Crippen LogP contribution in [0.3, 0.4) is 0 Å². The lowest BCUT2D eigenvalue weighted by atomic mass is 9.82. The third-order valence-corrected chi connectivity index (χ3v) is 4.20. The maximum Gasteiger partial charge on any atom is 0.417 e. The SMILES string of the molecule is CCN1C(=O)c2c(cccc2C(F)(F)F)[C@H]2CNC[C@H]21. The Kier molecular flexibility index (Phi) is 3.01. The molecule has 108 valence electrons. The number of carbonyl (C=O) groups excluding carboxylic acids is 1. The van der Waals surface area contributed by atoms with Crippen LogP contribution in [0.2, 0.25) is 0 Å². The van der Waals surface area contributed by atoms with Crippen molar-refractivity contribution in [3.63, 3.8) is 0 Å². The standard InChI is InChI=1S/C14H15F3N2O/c1-2-19-11-7-18-6-9(11)8-4-3-5-10(14(15,16)17)12(8)13(19)20/h3-5,9,11,18H,2,6-7H2,1H3/t9-,11-/m1/s1. The van der Waals surface area contributed by atoms with Gasteiger partial charge in [-0.05, 0) is 18.6 Å². The molecule has 1 fully saturated rings. The van der Waals surface area contributed by atoms with Gasteiger partial charge >= 0.3 is 6.18 Å². The molecule has 0 aliphatic carbocycles. The first kappa shape index (κ1) is 13.4. The second-order valence-electron chi connectivity index (χ2n) is 5.19. The van der Waals surface area contributed by atoms with Gasteiger partial charge in [0.05, 0.1) is 17.2 Å². The van der Waals surface area contributed by atoms with Gasteiger partial charge in [0.2, 0.25) is 0 Å². The van der Waals surface area contributed by atoms with Gasteiger partial charge in [-0.15, -0.1) is 0 Å². The van der Waals surface area contributed by atoms with E-state index in [4.69, 9.17) is 0 Å². The fourth-order valence-corrected chi connectivity index (χ4v) is 3.34. The number of carbonyl (C=O) groups is 1. The van der Waals surface area contributed by atoms with Crippen LogP contribution in [0.15, 0.2) is 18.2 Å². The fourth-order valence-electron chi connectivity index (χ4n) is 3.34. The Hall–Kier alpha value is -1.56. The summed E-state index contributed by atoms with van der Waals surface area (Å²) in [6.45, 7) is 3.48. The first-order chi connectivity index (χ1) is 9.45. The molecule has 20 heavy (non-hydrogen) atoms. The topological polar surface area (TPSA) is 32.3 Å². The molecule has 0 aromatic heterocycles. The van der Waals surface area contributed by atoms with E-state index in [0.717, 1.165) is 6.07 Å². The van der Waals surface area contributed by atoms with Crippen molar-refractivity contribution in [2.24, 2.45) is 0 Å². The summed E-state index contributed by atoms with van der Waals surface area (Å²) in [6.07, 6.45) is -4.50. The average Bonchev–Trinajstić information content (AvgIpc) is 2.87. The summed E-state index contributed by atoms with van der Waals surface area (Å²) in [6, 6.07) is 4.00. The van der Waals surface area contributed by atoms with E-state index in [0.29, 0.717) is 25.2 Å². The van der Waals surface area contributed by atoms with E-state index >= 15 is 0 Å². The van der Waals surface area contributed by atoms with E-state index in [-0.39, 0.29) is 17.5 Å². The fraction of sp³-hybridized carbons (Fsp3) is 0.500. The van der Waals surface area contributed by atoms with E-state index in [1.807, 2.05) is 0 Å². The lowest BCUT2D eigenvalue weighted by molar-refractivity contribution is -0.138. The van der Waals surface area contributed by atoms with Gasteiger partial charge in [-0.25, -0.2) is 0 Å². The van der Waals surface area contributed by atoms with Gasteiger partial charge in [-0.1, -0.05) is 12.1 Å². The van der Waals surface area contributed by atoms with Crippen LogP contribution in [0.1, 0.15) is 34.3 Å². The van der Waals surface area contributed by atoms with Gasteiger partial charge in [-0.3, -0.25) is 4.79 Å². The summed E-state index contributed by atoms with van der Waals surface area (Å²) >= 11 is 0. The summed E-state index contributed by atoms with van der Waals surface area (Å²) in [5, 5.41) is 3.17. The smallest absolute Gasteiger partial charge is 0.334 e. The predicted octanol–water partition coefficient (Wildman–Crippen LogP) is 2.24. The molecule has 2 aliphatic rings. The van der Waals surface area contributed by atoms with E-state index < -0.39 is 17.6 Å². The minimum atomic E-state index is -4.50. The van der Waals surface area contributed by atoms with Crippen LogP contribution < -0.4 is 5.32 Å². The largest absolute Gasteiger partial charge is 0.417 e. The highest BCUT2D eigenvalue weighted by Crippen LogP contribution is 2.41. The number of hydrogen-bond acceptors (Lipinski definition) is 2. The van der Waals surface area contributed by atoms with Crippen molar-refractivity contribution in [1.82, 2.24) is 10.2 Å². The quantitative estimate of drug-likeness (QED) is 0.857. The summed E-state index contributed by atoms with van der Waals surface area (Å²) < 4.78 is 39.4. The molecule has 1 amide bonds. The van der Waals surface area contributed by atoms with Crippen LogP contribution in [0.25, 0.3) is 0 Å². The number of nitrogens with zero attached hydrogens (tertiary/aromatic N) is 1. The van der Waals surface area contributed by atoms with Gasteiger partial charge in [0, 0.05) is 25.6 Å². The second kappa shape index (κ2) is 4.48. The molecule has 3 nitrogen and oxygen atoms in total. The second-order valence-corrected chi connectivity index (χ2v) is 5.19. The van der Waals surface area contributed by atoms with Crippen LogP contribution >= 0.6 is 0 Å². The molecule has 0 spiro atoms. The number of nitrogens with one attached hydrogen (secondary N) is 1. The molecule has 1 saturated heterocycles. The Labute approximate surface area is 114 Å². The Morgan fingerprint density at radius 3 is 2.75 bits per heavy atom. The molecule has 1 N–H and O–H groups in total. The molecule has 2 heterocycles. The molecule has 3 rings (SSSR count). The summed E-state index contributed by atoms with van der Waals surface area (Å²) in [7, 11) is 0. The number of alkyl halides is 3. The summed E-state index contributed by atoms with van der Waals surface area (Å²) in [5.74, 6) is -0.551. The molecule has 2 atom stereocenters. The minimum absolute atomic E-state index is 0.0384. The predicted molar refractivity (Wildman–Crippen MR) is 67.6 cm³/mol. The molecule has 0 unspecified atom stereocenters. The zero-order valence-electron chi connectivity index (χ0n) is 11.0. The normalized spacial score (nSPS) is 25.6. The van der Waals surface area contributed by atoms with Gasteiger partial charge in [0.1, 0.15) is 0 Å². The van der Waals surface area contributed by atoms with Crippen molar-refractivity contribution >= 4 is 5.91 Å². The highest BCUT2D eigenvalue weighted by atomic mass is 19.4. The average molecular weight is 284 g/mol. The Morgan fingerprint density at radius 2 is 2.10 bits per heavy atom. The zero-order chi connectivity index (χ0) is 14.5. The van der Waals surface area contributed by atoms with Crippen LogP contribution in [0, 0.1) is 0 Å². The van der Waals surface area contributed by atoms with E-state index in [2.05, 4.69) is 5.32 Å². The minimum Gasteiger partial charge on any atom is -0.334 e. The third kappa shape index (κ3) is 1.82. The maximum absolute atomic E-state index is 13.1. The van der Waals surface area contributed by atoms with Crippen molar-refractivity contribution in [3.05, 3.63) is 34.9 Å². The van der Waals surface area contributed by atoms with Crippen molar-refractivity contribution < 1.29 is 18.0 Å². The number of rotatable bonds is 1. The molecular formula is C14H15F3N2O. The maximum atomic E-state index is 13.1. The summed E-state index contributed by atoms with van der Waals surface area (Å²) in [4.78, 5) is 14.0. The van der Waals surface area contributed by atoms with Crippen LogP contribution in [0.5, 0.6) is 0 Å². The number of halogens is 3. The first-order valence-electron chi connectivity index (χ1n) is 6.67. The lowest BCUT2D eigenvalue weighted by Crippen LogP contribution is -2.48. The van der Waals surface area contributed by atoms with E-state index in [9.17, 15) is 18.0 Å². The number of fused-ring (bicyclic) bond motifs is 3. The van der Waals surface area contributed by atoms with Gasteiger partial charge in [-0.2, -0.15) is 13.2 Å². The van der Waals surface area contributed by atoms with E-state index in [1.165, 1.54) is 6.07 Å². The van der Waals surface area contributed by atoms with Crippen molar-refractivity contribution in [2.45, 2.75) is 25.1 Å². The molecule has 0 radical (unpaired) electrons. The Balaban J connectivity index is 2.21. The molecule has 1 aromatic rings. The number of benzene rings is 1. The van der Waals surface area contributed by atoms with Crippen molar-refractivity contribution in [3.8, 4) is 0 Å². The number of likely N-dealkylation sites (N-methyl/N-ethyl adjacent to an activating group) is 1. The zero-order valence-corrected chi connectivity index (χ0v) is 11.0. The Bertz CT molecular complexity index is 556. The highest BCUT2D eigenvalue weighted by molar-refractivity contribution is 5.99. The van der Waals surface area contributed by atoms with Crippen molar-refractivity contribution in [2.75, 3.05) is 19.6 Å². The number of hydrogen-bond donors (Lipinski definition) is 1. The third-order valence-electron chi connectivity index (χ3n) is 4.20. The van der Waals surface area contributed by atoms with Crippen LogP contribution in [0.4, 0.5) is 13.2 Å². The van der Waals surface area contributed by atoms with Gasteiger partial charge in [0.15, 0.2) is 0 Å². The van der Waals surface area contributed by atoms with Gasteiger partial charge in [0.25, 0.3) is 5.91 Å². The highest BCUT2D eigenvalue weighted by Gasteiger charge is 2.46. The number of amides is 1. The van der Waals surface area contributed by atoms with Crippen LogP contribution in [-0.4, -0.2) is 36.5 Å². The molecule has 2 aliphatic heterocycles. The summed E-state index contributed by atoms with van der Waals surface area (Å²) in [5.41, 5.74) is -0.444. The Morgan fingerprint density at radius 1 is 1.35 bits per heavy atom. The molecule has 6 heteroatoms. The van der Waals surface area contributed by atoms with Crippen molar-refractivity contribution in [1.29, 1.82) is 0 Å². The lowest BCUT2D eigenvalue weighted by Gasteiger charge is -2.38. The van der Waals surface area contributed by atoms with Gasteiger partial charge < -0.3 is 10.2 Å². The van der Waals surface area contributed by atoms with E-state index in [1.54, 1.807) is 17.9 Å². The molecular weight excluding hydrogens is 269 g/mol. The molecule has 0 saturated carbocycles. The monoisotopic (exact) mass is 284 g/mol.